The van der Waals surface area contributed by atoms with E-state index in [1.54, 1.807) is 0 Å². The number of carbonyl (C=O) groups is 1. The number of amides is 1. The number of rotatable bonds is 7. The first kappa shape index (κ1) is 16.5. The van der Waals surface area contributed by atoms with Crippen molar-refractivity contribution in [3.63, 3.8) is 0 Å². The predicted octanol–water partition coefficient (Wildman–Crippen LogP) is 0.405. The third-order valence-electron chi connectivity index (χ3n) is 4.09. The molecule has 0 saturated heterocycles. The molecule has 0 fully saturated rings. The van der Waals surface area contributed by atoms with Crippen LogP contribution in [-0.2, 0) is 11.2 Å². The Bertz CT molecular complexity index is 621. The molecule has 0 aliphatic rings. The van der Waals surface area contributed by atoms with Crippen LogP contribution in [0.25, 0.3) is 10.9 Å². The van der Waals surface area contributed by atoms with Crippen LogP contribution in [-0.4, -0.2) is 41.7 Å². The number of aromatic nitrogens is 1. The Balaban J connectivity index is 2.08. The van der Waals surface area contributed by atoms with Crippen LogP contribution in [0.15, 0.2) is 30.5 Å². The molecule has 5 N–H and O–H groups in total. The topological polar surface area (TPSA) is 81.7 Å². The quantitative estimate of drug-likeness (QED) is 0.597. The number of fused-ring (bicyclic) bond motifs is 1. The average Bonchev–Trinajstić information content (AvgIpc) is 2.90. The summed E-state index contributed by atoms with van der Waals surface area (Å²) in [5, 5.41) is 15.6. The van der Waals surface area contributed by atoms with Crippen LogP contribution in [0.3, 0.4) is 0 Å². The molecule has 5 heteroatoms. The Morgan fingerprint density at radius 2 is 2.09 bits per heavy atom. The average molecular weight is 304 g/mol. The molecule has 0 radical (unpaired) electrons. The van der Waals surface area contributed by atoms with Gasteiger partial charge in [0.1, 0.15) is 0 Å². The van der Waals surface area contributed by atoms with Crippen molar-refractivity contribution in [3.05, 3.63) is 36.0 Å². The fourth-order valence-corrected chi connectivity index (χ4v) is 2.86. The largest absolute Gasteiger partial charge is 0.394 e. The highest BCUT2D eigenvalue weighted by Crippen LogP contribution is 2.19. The van der Waals surface area contributed by atoms with E-state index in [9.17, 15) is 9.90 Å². The maximum Gasteiger partial charge on any atom is 0.278 e. The van der Waals surface area contributed by atoms with E-state index >= 15 is 0 Å². The smallest absolute Gasteiger partial charge is 0.278 e. The number of carbonyl (C=O) groups excluding carboxylic acids is 1. The molecule has 1 aromatic heterocycles. The van der Waals surface area contributed by atoms with Gasteiger partial charge in [-0.1, -0.05) is 32.0 Å². The van der Waals surface area contributed by atoms with Crippen molar-refractivity contribution >= 4 is 16.8 Å². The summed E-state index contributed by atoms with van der Waals surface area (Å²) in [6.07, 6.45) is 2.56. The molecular weight excluding hydrogens is 278 g/mol. The second-order valence-corrected chi connectivity index (χ2v) is 6.05. The van der Waals surface area contributed by atoms with E-state index in [1.807, 2.05) is 56.7 Å². The van der Waals surface area contributed by atoms with Gasteiger partial charge in [0.05, 0.1) is 19.7 Å². The van der Waals surface area contributed by atoms with Gasteiger partial charge >= 0.3 is 0 Å². The standard InChI is InChI=1S/C17H25N3O2/c1-11(2)16(18-3)17(22)20-13(10-21)8-12-9-19-15-7-5-4-6-14(12)15/h4-7,9,11,13,16,18-19,21H,8,10H2,1-3H3,(H,20,22)/p+1/t13-,16-/m0/s1. The normalized spacial score (nSPS) is 14.2. The Morgan fingerprint density at radius 1 is 1.36 bits per heavy atom. The summed E-state index contributed by atoms with van der Waals surface area (Å²) in [5.74, 6) is 0.230. The molecule has 2 rings (SSSR count). The first-order chi connectivity index (χ1) is 10.6. The van der Waals surface area contributed by atoms with Crippen LogP contribution in [0, 0.1) is 5.92 Å². The number of nitrogens with one attached hydrogen (secondary N) is 2. The summed E-state index contributed by atoms with van der Waals surface area (Å²) in [5.41, 5.74) is 2.18. The molecule has 0 aliphatic carbocycles. The fraction of sp³-hybridized carbons (Fsp3) is 0.471. The summed E-state index contributed by atoms with van der Waals surface area (Å²) in [7, 11) is 1.90. The maximum atomic E-state index is 12.3. The van der Waals surface area contributed by atoms with Gasteiger partial charge in [-0.3, -0.25) is 4.79 Å². The van der Waals surface area contributed by atoms with E-state index in [0.717, 1.165) is 16.5 Å². The zero-order valence-electron chi connectivity index (χ0n) is 13.5. The van der Waals surface area contributed by atoms with Crippen molar-refractivity contribution in [2.45, 2.75) is 32.4 Å². The summed E-state index contributed by atoms with van der Waals surface area (Å²) in [6.45, 7) is 3.98. The van der Waals surface area contributed by atoms with Crippen LogP contribution in [0.5, 0.6) is 0 Å². The van der Waals surface area contributed by atoms with Crippen LogP contribution in [0.4, 0.5) is 0 Å². The lowest BCUT2D eigenvalue weighted by atomic mass is 10.0. The van der Waals surface area contributed by atoms with Crippen LogP contribution < -0.4 is 10.6 Å². The number of aromatic amines is 1. The third kappa shape index (κ3) is 3.67. The van der Waals surface area contributed by atoms with Crippen molar-refractivity contribution in [1.29, 1.82) is 0 Å². The molecule has 0 saturated carbocycles. The lowest BCUT2D eigenvalue weighted by Crippen LogP contribution is -2.90. The van der Waals surface area contributed by atoms with Crippen LogP contribution in [0.1, 0.15) is 19.4 Å². The van der Waals surface area contributed by atoms with Gasteiger partial charge in [0.25, 0.3) is 5.91 Å². The SMILES string of the molecule is C[NH2+][C@H](C(=O)N[C@H](CO)Cc1c[nH]c2ccccc12)C(C)C. The molecule has 120 valence electrons. The number of benzene rings is 1. The molecule has 0 aliphatic heterocycles. The molecule has 1 amide bonds. The van der Waals surface area contributed by atoms with Crippen molar-refractivity contribution < 1.29 is 15.2 Å². The number of para-hydroxylation sites is 1. The number of nitrogens with two attached hydrogens (primary N) is 1. The second-order valence-electron chi connectivity index (χ2n) is 6.05. The number of H-pyrrole nitrogens is 1. The van der Waals surface area contributed by atoms with Crippen molar-refractivity contribution in [2.24, 2.45) is 5.92 Å². The number of hydrogen-bond acceptors (Lipinski definition) is 2. The Kier molecular flexibility index (Phi) is 5.57. The zero-order valence-corrected chi connectivity index (χ0v) is 13.5. The summed E-state index contributed by atoms with van der Waals surface area (Å²) < 4.78 is 0. The zero-order chi connectivity index (χ0) is 16.1. The fourth-order valence-electron chi connectivity index (χ4n) is 2.86. The van der Waals surface area contributed by atoms with Gasteiger partial charge in [-0.15, -0.1) is 0 Å². The van der Waals surface area contributed by atoms with Gasteiger partial charge in [0, 0.05) is 23.0 Å². The Labute approximate surface area is 131 Å². The van der Waals surface area contributed by atoms with Gasteiger partial charge in [0.15, 0.2) is 6.04 Å². The first-order valence-electron chi connectivity index (χ1n) is 7.82. The monoisotopic (exact) mass is 304 g/mol. The van der Waals surface area contributed by atoms with Crippen molar-refractivity contribution in [3.8, 4) is 0 Å². The number of likely N-dealkylation sites (N-methyl/N-ethyl adjacent to an activating group) is 1. The lowest BCUT2D eigenvalue weighted by molar-refractivity contribution is -0.656. The van der Waals surface area contributed by atoms with E-state index in [2.05, 4.69) is 10.3 Å². The summed E-state index contributed by atoms with van der Waals surface area (Å²) in [4.78, 5) is 15.5. The van der Waals surface area contributed by atoms with Gasteiger partial charge in [-0.25, -0.2) is 0 Å². The molecule has 0 bridgehead atoms. The number of aliphatic hydroxyl groups is 1. The number of aliphatic hydroxyl groups excluding tert-OH is 1. The second kappa shape index (κ2) is 7.42. The highest BCUT2D eigenvalue weighted by Gasteiger charge is 2.26. The first-order valence-corrected chi connectivity index (χ1v) is 7.82. The highest BCUT2D eigenvalue weighted by atomic mass is 16.3. The van der Waals surface area contributed by atoms with Crippen molar-refractivity contribution in [1.82, 2.24) is 10.3 Å². The molecular formula is C17H26N3O2+. The third-order valence-corrected chi connectivity index (χ3v) is 4.09. The van der Waals surface area contributed by atoms with Gasteiger partial charge < -0.3 is 20.7 Å². The summed E-state index contributed by atoms with van der Waals surface area (Å²) in [6, 6.07) is 7.65. The molecule has 1 heterocycles. The molecule has 0 unspecified atom stereocenters. The van der Waals surface area contributed by atoms with Crippen LogP contribution in [0.2, 0.25) is 0 Å². The van der Waals surface area contributed by atoms with E-state index < -0.39 is 0 Å². The Morgan fingerprint density at radius 3 is 2.73 bits per heavy atom. The minimum Gasteiger partial charge on any atom is -0.394 e. The van der Waals surface area contributed by atoms with E-state index in [4.69, 9.17) is 0 Å². The molecule has 22 heavy (non-hydrogen) atoms. The lowest BCUT2D eigenvalue weighted by Gasteiger charge is -2.21. The van der Waals surface area contributed by atoms with Gasteiger partial charge in [-0.2, -0.15) is 0 Å². The van der Waals surface area contributed by atoms with E-state index in [0.29, 0.717) is 6.42 Å². The maximum absolute atomic E-state index is 12.3. The molecule has 2 aromatic rings. The minimum atomic E-state index is -0.270. The molecule has 1 aromatic carbocycles. The summed E-state index contributed by atoms with van der Waals surface area (Å²) >= 11 is 0. The molecule has 5 nitrogen and oxygen atoms in total. The van der Waals surface area contributed by atoms with Gasteiger partial charge in [0.2, 0.25) is 0 Å². The number of quaternary nitrogens is 1. The Hall–Kier alpha value is -1.85. The van der Waals surface area contributed by atoms with E-state index in [1.165, 1.54) is 0 Å². The van der Waals surface area contributed by atoms with Gasteiger partial charge in [-0.05, 0) is 18.1 Å². The molecule has 0 spiro atoms. The highest BCUT2D eigenvalue weighted by molar-refractivity contribution is 5.83. The van der Waals surface area contributed by atoms with Crippen LogP contribution >= 0.6 is 0 Å². The predicted molar refractivity (Wildman–Crippen MR) is 87.5 cm³/mol. The minimum absolute atomic E-state index is 0.0172. The van der Waals surface area contributed by atoms with Crippen molar-refractivity contribution in [2.75, 3.05) is 13.7 Å². The van der Waals surface area contributed by atoms with E-state index in [-0.39, 0.29) is 30.5 Å². The molecule has 2 atom stereocenters. The number of hydrogen-bond donors (Lipinski definition) is 4.